The summed E-state index contributed by atoms with van der Waals surface area (Å²) in [7, 11) is 0. The molecule has 4 nitrogen and oxygen atoms in total. The van der Waals surface area contributed by atoms with Gasteiger partial charge in [-0.05, 0) is 12.0 Å². The molecule has 86 valence electrons. The van der Waals surface area contributed by atoms with E-state index in [2.05, 4.69) is 0 Å². The highest BCUT2D eigenvalue weighted by Crippen LogP contribution is 2.28. The minimum Gasteiger partial charge on any atom is -0.330 e. The zero-order valence-electron chi connectivity index (χ0n) is 9.91. The molecule has 0 aromatic rings. The Hall–Kier alpha value is -0.900. The van der Waals surface area contributed by atoms with Crippen LogP contribution in [0.2, 0.25) is 0 Å². The van der Waals surface area contributed by atoms with Gasteiger partial charge < -0.3 is 5.73 Å². The van der Waals surface area contributed by atoms with E-state index >= 15 is 0 Å². The number of amides is 2. The highest BCUT2D eigenvalue weighted by atomic mass is 16.2. The zero-order valence-corrected chi connectivity index (χ0v) is 9.91. The van der Waals surface area contributed by atoms with Crippen LogP contribution in [0.25, 0.3) is 0 Å². The largest absolute Gasteiger partial charge is 0.330 e. The van der Waals surface area contributed by atoms with E-state index in [0.29, 0.717) is 13.1 Å². The predicted octanol–water partition coefficient (Wildman–Crippen LogP) is 0.612. The number of likely N-dealkylation sites (tertiary alicyclic amines) is 1. The van der Waals surface area contributed by atoms with Crippen LogP contribution in [0.1, 0.15) is 27.7 Å². The Morgan fingerprint density at radius 2 is 1.60 bits per heavy atom. The van der Waals surface area contributed by atoms with Gasteiger partial charge in [-0.1, -0.05) is 27.7 Å². The molecule has 1 heterocycles. The van der Waals surface area contributed by atoms with E-state index in [0.717, 1.165) is 0 Å². The molecule has 1 rings (SSSR count). The van der Waals surface area contributed by atoms with Crippen molar-refractivity contribution in [3.63, 3.8) is 0 Å². The third kappa shape index (κ3) is 2.20. The topological polar surface area (TPSA) is 63.4 Å². The van der Waals surface area contributed by atoms with E-state index < -0.39 is 0 Å². The fourth-order valence-electron chi connectivity index (χ4n) is 1.68. The van der Waals surface area contributed by atoms with Gasteiger partial charge in [0, 0.05) is 18.4 Å². The van der Waals surface area contributed by atoms with Crippen LogP contribution in [0.4, 0.5) is 0 Å². The molecule has 2 atom stereocenters. The van der Waals surface area contributed by atoms with E-state index in [9.17, 15) is 9.59 Å². The van der Waals surface area contributed by atoms with Crippen molar-refractivity contribution >= 4 is 11.8 Å². The number of carbonyl (C=O) groups is 2. The summed E-state index contributed by atoms with van der Waals surface area (Å²) < 4.78 is 0. The first-order valence-corrected chi connectivity index (χ1v) is 5.35. The fraction of sp³-hybridized carbons (Fsp3) is 0.818. The van der Waals surface area contributed by atoms with Gasteiger partial charge >= 0.3 is 0 Å². The summed E-state index contributed by atoms with van der Waals surface area (Å²) >= 11 is 0. The molecule has 1 saturated heterocycles. The van der Waals surface area contributed by atoms with Crippen LogP contribution in [0.15, 0.2) is 0 Å². The first-order valence-electron chi connectivity index (χ1n) is 5.35. The Morgan fingerprint density at radius 3 is 1.93 bits per heavy atom. The fourth-order valence-corrected chi connectivity index (χ4v) is 1.68. The van der Waals surface area contributed by atoms with Gasteiger partial charge in [-0.3, -0.25) is 14.5 Å². The highest BCUT2D eigenvalue weighted by molar-refractivity contribution is 6.04. The van der Waals surface area contributed by atoms with Crippen LogP contribution < -0.4 is 5.73 Å². The molecule has 2 unspecified atom stereocenters. The van der Waals surface area contributed by atoms with Crippen molar-refractivity contribution in [2.24, 2.45) is 23.0 Å². The average Bonchev–Trinajstić information content (AvgIpc) is 2.36. The standard InChI is InChI=1S/C11H20N2O2/c1-7-8(2)10(15)13(9(7)14)6-11(3,4)5-12/h7-8H,5-6,12H2,1-4H3. The number of rotatable bonds is 3. The maximum absolute atomic E-state index is 11.8. The average molecular weight is 212 g/mol. The van der Waals surface area contributed by atoms with Crippen molar-refractivity contribution < 1.29 is 9.59 Å². The molecule has 0 aromatic carbocycles. The summed E-state index contributed by atoms with van der Waals surface area (Å²) in [6.07, 6.45) is 0. The molecule has 1 fully saturated rings. The van der Waals surface area contributed by atoms with Crippen LogP contribution in [-0.2, 0) is 9.59 Å². The Bertz CT molecular complexity index is 266. The minimum absolute atomic E-state index is 0.0611. The van der Waals surface area contributed by atoms with Crippen molar-refractivity contribution in [1.29, 1.82) is 0 Å². The summed E-state index contributed by atoms with van der Waals surface area (Å²) in [5, 5.41) is 0. The second-order valence-corrected chi connectivity index (χ2v) is 5.21. The lowest BCUT2D eigenvalue weighted by Gasteiger charge is -2.27. The molecule has 4 heteroatoms. The summed E-state index contributed by atoms with van der Waals surface area (Å²) in [5.41, 5.74) is 5.40. The molecule has 1 aliphatic heterocycles. The molecule has 1 aliphatic rings. The van der Waals surface area contributed by atoms with Crippen molar-refractivity contribution in [2.45, 2.75) is 27.7 Å². The lowest BCUT2D eigenvalue weighted by molar-refractivity contribution is -0.141. The molecule has 2 amide bonds. The quantitative estimate of drug-likeness (QED) is 0.697. The maximum atomic E-state index is 11.8. The van der Waals surface area contributed by atoms with Crippen LogP contribution in [0, 0.1) is 17.3 Å². The van der Waals surface area contributed by atoms with Crippen molar-refractivity contribution in [3.8, 4) is 0 Å². The van der Waals surface area contributed by atoms with Gasteiger partial charge in [0.05, 0.1) is 0 Å². The van der Waals surface area contributed by atoms with E-state index in [1.165, 1.54) is 4.90 Å². The molecule has 0 spiro atoms. The second-order valence-electron chi connectivity index (χ2n) is 5.21. The van der Waals surface area contributed by atoms with E-state index in [4.69, 9.17) is 5.73 Å². The van der Waals surface area contributed by atoms with Gasteiger partial charge in [0.2, 0.25) is 11.8 Å². The Labute approximate surface area is 90.8 Å². The molecule has 0 bridgehead atoms. The predicted molar refractivity (Wildman–Crippen MR) is 57.9 cm³/mol. The number of nitrogens with zero attached hydrogens (tertiary/aromatic N) is 1. The van der Waals surface area contributed by atoms with E-state index in [1.54, 1.807) is 13.8 Å². The maximum Gasteiger partial charge on any atom is 0.232 e. The third-order valence-corrected chi connectivity index (χ3v) is 3.20. The Balaban J connectivity index is 2.80. The lowest BCUT2D eigenvalue weighted by atomic mass is 9.93. The lowest BCUT2D eigenvalue weighted by Crippen LogP contribution is -2.42. The normalized spacial score (nSPS) is 27.7. The molecule has 0 saturated carbocycles. The number of carbonyl (C=O) groups excluding carboxylic acids is 2. The number of hydrogen-bond donors (Lipinski definition) is 1. The summed E-state index contributed by atoms with van der Waals surface area (Å²) in [4.78, 5) is 24.9. The monoisotopic (exact) mass is 212 g/mol. The van der Waals surface area contributed by atoms with Gasteiger partial charge in [0.25, 0.3) is 0 Å². The molecule has 0 radical (unpaired) electrons. The number of nitrogens with two attached hydrogens (primary N) is 1. The second kappa shape index (κ2) is 3.93. The Morgan fingerprint density at radius 1 is 1.20 bits per heavy atom. The third-order valence-electron chi connectivity index (χ3n) is 3.20. The van der Waals surface area contributed by atoms with Gasteiger partial charge in [-0.2, -0.15) is 0 Å². The molecular weight excluding hydrogens is 192 g/mol. The molecular formula is C11H20N2O2. The SMILES string of the molecule is CC1C(=O)N(CC(C)(C)CN)C(=O)C1C. The minimum atomic E-state index is -0.199. The smallest absolute Gasteiger partial charge is 0.232 e. The van der Waals surface area contributed by atoms with Gasteiger partial charge in [0.15, 0.2) is 0 Å². The summed E-state index contributed by atoms with van der Waals surface area (Å²) in [5.74, 6) is -0.500. The number of hydrogen-bond acceptors (Lipinski definition) is 3. The first-order chi connectivity index (χ1) is 6.80. The van der Waals surface area contributed by atoms with Crippen molar-refractivity contribution in [1.82, 2.24) is 4.90 Å². The van der Waals surface area contributed by atoms with Crippen LogP contribution in [0.3, 0.4) is 0 Å². The van der Waals surface area contributed by atoms with Gasteiger partial charge in [0.1, 0.15) is 0 Å². The summed E-state index contributed by atoms with van der Waals surface area (Å²) in [6, 6.07) is 0. The van der Waals surface area contributed by atoms with Crippen molar-refractivity contribution in [3.05, 3.63) is 0 Å². The molecule has 0 aromatic heterocycles. The highest BCUT2D eigenvalue weighted by Gasteiger charge is 2.43. The molecule has 15 heavy (non-hydrogen) atoms. The van der Waals surface area contributed by atoms with Crippen molar-refractivity contribution in [2.75, 3.05) is 13.1 Å². The molecule has 2 N–H and O–H groups in total. The summed E-state index contributed by atoms with van der Waals surface area (Å²) in [6.45, 7) is 8.42. The van der Waals surface area contributed by atoms with Gasteiger partial charge in [-0.15, -0.1) is 0 Å². The van der Waals surface area contributed by atoms with E-state index in [1.807, 2.05) is 13.8 Å². The van der Waals surface area contributed by atoms with Crippen LogP contribution in [-0.4, -0.2) is 29.8 Å². The number of imide groups is 1. The van der Waals surface area contributed by atoms with Crippen LogP contribution >= 0.6 is 0 Å². The first kappa shape index (κ1) is 12.2. The van der Waals surface area contributed by atoms with Gasteiger partial charge in [-0.25, -0.2) is 0 Å². The Kier molecular flexibility index (Phi) is 3.19. The van der Waals surface area contributed by atoms with Crippen LogP contribution in [0.5, 0.6) is 0 Å². The van der Waals surface area contributed by atoms with E-state index in [-0.39, 0.29) is 29.1 Å². The zero-order chi connectivity index (χ0) is 11.8. The molecule has 0 aliphatic carbocycles.